The summed E-state index contributed by atoms with van der Waals surface area (Å²) in [5.41, 5.74) is -0.967. The Morgan fingerprint density at radius 3 is 2.69 bits per heavy atom. The number of carbonyl (C=O) groups excluding carboxylic acids is 2. The van der Waals surface area contributed by atoms with E-state index in [0.29, 0.717) is 12.5 Å². The SMILES string of the molecule is CCCNC(=O)C12CCC(C1)C(C)(C)C2=O. The lowest BCUT2D eigenvalue weighted by molar-refractivity contribution is -0.145. The zero-order valence-electron chi connectivity index (χ0n) is 10.4. The van der Waals surface area contributed by atoms with Crippen LogP contribution >= 0.6 is 0 Å². The molecule has 2 rings (SSSR count). The number of hydrogen-bond donors (Lipinski definition) is 1. The molecule has 0 spiro atoms. The average molecular weight is 223 g/mol. The van der Waals surface area contributed by atoms with E-state index in [4.69, 9.17) is 0 Å². The van der Waals surface area contributed by atoms with Crippen molar-refractivity contribution in [3.63, 3.8) is 0 Å². The molecule has 0 aromatic carbocycles. The van der Waals surface area contributed by atoms with Gasteiger partial charge in [-0.3, -0.25) is 9.59 Å². The largest absolute Gasteiger partial charge is 0.355 e. The Hall–Kier alpha value is -0.860. The first-order chi connectivity index (χ1) is 7.45. The topological polar surface area (TPSA) is 46.2 Å². The van der Waals surface area contributed by atoms with Crippen molar-refractivity contribution in [2.24, 2.45) is 16.7 Å². The zero-order valence-corrected chi connectivity index (χ0v) is 10.4. The molecule has 3 nitrogen and oxygen atoms in total. The predicted molar refractivity (Wildman–Crippen MR) is 61.9 cm³/mol. The fraction of sp³-hybridized carbons (Fsp3) is 0.846. The third-order valence-electron chi connectivity index (χ3n) is 4.53. The summed E-state index contributed by atoms with van der Waals surface area (Å²) < 4.78 is 0. The fourth-order valence-electron chi connectivity index (χ4n) is 3.39. The van der Waals surface area contributed by atoms with E-state index in [1.54, 1.807) is 0 Å². The highest BCUT2D eigenvalue weighted by Crippen LogP contribution is 2.60. The summed E-state index contributed by atoms with van der Waals surface area (Å²) in [5.74, 6) is 0.560. The molecular formula is C13H21NO2. The average Bonchev–Trinajstić information content (AvgIpc) is 2.76. The minimum atomic E-state index is -0.677. The molecule has 1 N–H and O–H groups in total. The number of carbonyl (C=O) groups is 2. The van der Waals surface area contributed by atoms with E-state index in [1.807, 2.05) is 20.8 Å². The van der Waals surface area contributed by atoms with Crippen molar-refractivity contribution in [2.75, 3.05) is 6.54 Å². The molecule has 90 valence electrons. The van der Waals surface area contributed by atoms with Crippen LogP contribution in [-0.4, -0.2) is 18.2 Å². The van der Waals surface area contributed by atoms with E-state index in [-0.39, 0.29) is 17.1 Å². The normalized spacial score (nSPS) is 35.4. The van der Waals surface area contributed by atoms with Crippen LogP contribution in [0.2, 0.25) is 0 Å². The summed E-state index contributed by atoms with van der Waals surface area (Å²) in [6.07, 6.45) is 3.48. The smallest absolute Gasteiger partial charge is 0.233 e. The van der Waals surface area contributed by atoms with Gasteiger partial charge in [0, 0.05) is 12.0 Å². The second kappa shape index (κ2) is 3.57. The molecule has 2 aliphatic carbocycles. The van der Waals surface area contributed by atoms with Crippen LogP contribution in [0.1, 0.15) is 46.5 Å². The summed E-state index contributed by atoms with van der Waals surface area (Å²) >= 11 is 0. The molecule has 2 aliphatic rings. The van der Waals surface area contributed by atoms with E-state index in [1.165, 1.54) is 0 Å². The third-order valence-corrected chi connectivity index (χ3v) is 4.53. The number of hydrogen-bond acceptors (Lipinski definition) is 2. The molecule has 2 bridgehead atoms. The highest BCUT2D eigenvalue weighted by molar-refractivity contribution is 6.10. The molecule has 3 heteroatoms. The molecule has 2 fully saturated rings. The second-order valence-electron chi connectivity index (χ2n) is 5.83. The van der Waals surface area contributed by atoms with Crippen molar-refractivity contribution in [3.8, 4) is 0 Å². The second-order valence-corrected chi connectivity index (χ2v) is 5.83. The summed E-state index contributed by atoms with van der Waals surface area (Å²) in [7, 11) is 0. The Bertz CT molecular complexity index is 335. The van der Waals surface area contributed by atoms with Gasteiger partial charge in [0.15, 0.2) is 5.78 Å². The summed E-state index contributed by atoms with van der Waals surface area (Å²) in [6, 6.07) is 0. The van der Waals surface area contributed by atoms with Crippen molar-refractivity contribution >= 4 is 11.7 Å². The minimum absolute atomic E-state index is 0.0209. The van der Waals surface area contributed by atoms with E-state index in [9.17, 15) is 9.59 Å². The van der Waals surface area contributed by atoms with Gasteiger partial charge in [-0.2, -0.15) is 0 Å². The van der Waals surface area contributed by atoms with Crippen LogP contribution in [0.15, 0.2) is 0 Å². The van der Waals surface area contributed by atoms with Crippen LogP contribution in [-0.2, 0) is 9.59 Å². The van der Waals surface area contributed by atoms with Gasteiger partial charge in [-0.05, 0) is 31.6 Å². The van der Waals surface area contributed by atoms with Gasteiger partial charge in [0.1, 0.15) is 5.41 Å². The predicted octanol–water partition coefficient (Wildman–Crippen LogP) is 1.91. The molecular weight excluding hydrogens is 202 g/mol. The Morgan fingerprint density at radius 1 is 1.50 bits per heavy atom. The highest BCUT2D eigenvalue weighted by Gasteiger charge is 2.64. The number of nitrogens with one attached hydrogen (secondary N) is 1. The maximum absolute atomic E-state index is 12.4. The summed E-state index contributed by atoms with van der Waals surface area (Å²) in [6.45, 7) is 6.69. The van der Waals surface area contributed by atoms with Crippen LogP contribution in [0.5, 0.6) is 0 Å². The van der Waals surface area contributed by atoms with Crippen LogP contribution in [0, 0.1) is 16.7 Å². The van der Waals surface area contributed by atoms with Crippen molar-refractivity contribution < 1.29 is 9.59 Å². The van der Waals surface area contributed by atoms with Crippen LogP contribution in [0.25, 0.3) is 0 Å². The maximum Gasteiger partial charge on any atom is 0.233 e. The first-order valence-electron chi connectivity index (χ1n) is 6.28. The van der Waals surface area contributed by atoms with Gasteiger partial charge in [0.05, 0.1) is 0 Å². The molecule has 2 atom stereocenters. The standard InChI is InChI=1S/C13H21NO2/c1-4-7-14-11(16)13-6-5-9(8-13)12(2,3)10(13)15/h9H,4-8H2,1-3H3,(H,14,16). The van der Waals surface area contributed by atoms with E-state index in [2.05, 4.69) is 5.32 Å². The number of rotatable bonds is 3. The van der Waals surface area contributed by atoms with Crippen LogP contribution in [0.3, 0.4) is 0 Å². The molecule has 2 unspecified atom stereocenters. The van der Waals surface area contributed by atoms with Gasteiger partial charge in [0.2, 0.25) is 5.91 Å². The van der Waals surface area contributed by atoms with Crippen molar-refractivity contribution in [1.82, 2.24) is 5.32 Å². The van der Waals surface area contributed by atoms with Gasteiger partial charge in [-0.1, -0.05) is 20.8 Å². The molecule has 0 heterocycles. The Balaban J connectivity index is 2.20. The maximum atomic E-state index is 12.4. The molecule has 0 saturated heterocycles. The van der Waals surface area contributed by atoms with Crippen molar-refractivity contribution in [1.29, 1.82) is 0 Å². The fourth-order valence-corrected chi connectivity index (χ4v) is 3.39. The van der Waals surface area contributed by atoms with Crippen LogP contribution in [0.4, 0.5) is 0 Å². The van der Waals surface area contributed by atoms with Crippen molar-refractivity contribution in [3.05, 3.63) is 0 Å². The lowest BCUT2D eigenvalue weighted by Gasteiger charge is -2.32. The number of fused-ring (bicyclic) bond motifs is 2. The highest BCUT2D eigenvalue weighted by atomic mass is 16.2. The molecule has 0 aromatic heterocycles. The van der Waals surface area contributed by atoms with Gasteiger partial charge in [-0.25, -0.2) is 0 Å². The van der Waals surface area contributed by atoms with Crippen molar-refractivity contribution in [2.45, 2.75) is 46.5 Å². The Labute approximate surface area is 97.0 Å². The monoisotopic (exact) mass is 223 g/mol. The van der Waals surface area contributed by atoms with Gasteiger partial charge in [-0.15, -0.1) is 0 Å². The quantitative estimate of drug-likeness (QED) is 0.743. The minimum Gasteiger partial charge on any atom is -0.355 e. The lowest BCUT2D eigenvalue weighted by atomic mass is 9.70. The molecule has 0 aliphatic heterocycles. The first kappa shape index (κ1) is 11.6. The Morgan fingerprint density at radius 2 is 2.19 bits per heavy atom. The first-order valence-corrected chi connectivity index (χ1v) is 6.28. The van der Waals surface area contributed by atoms with Crippen LogP contribution < -0.4 is 5.32 Å². The summed E-state index contributed by atoms with van der Waals surface area (Å²) in [4.78, 5) is 24.5. The summed E-state index contributed by atoms with van der Waals surface area (Å²) in [5, 5.41) is 2.90. The number of ketones is 1. The molecule has 1 amide bonds. The van der Waals surface area contributed by atoms with E-state index < -0.39 is 5.41 Å². The van der Waals surface area contributed by atoms with Gasteiger partial charge < -0.3 is 5.32 Å². The molecule has 0 radical (unpaired) electrons. The van der Waals surface area contributed by atoms with Gasteiger partial charge >= 0.3 is 0 Å². The zero-order chi connectivity index (χ0) is 12.0. The van der Waals surface area contributed by atoms with Gasteiger partial charge in [0.25, 0.3) is 0 Å². The van der Waals surface area contributed by atoms with E-state index in [0.717, 1.165) is 25.7 Å². The Kier molecular flexibility index (Phi) is 2.59. The number of Topliss-reactive ketones (excluding diaryl/α,β-unsaturated/α-hetero) is 1. The molecule has 0 aromatic rings. The third kappa shape index (κ3) is 1.33. The molecule has 16 heavy (non-hydrogen) atoms. The molecule has 2 saturated carbocycles. The number of amides is 1. The lowest BCUT2D eigenvalue weighted by Crippen LogP contribution is -2.47. The van der Waals surface area contributed by atoms with E-state index >= 15 is 0 Å².